The van der Waals surface area contributed by atoms with E-state index in [4.69, 9.17) is 9.47 Å². The van der Waals surface area contributed by atoms with Gasteiger partial charge in [0.05, 0.1) is 18.6 Å². The number of benzene rings is 2. The maximum absolute atomic E-state index is 12.6. The summed E-state index contributed by atoms with van der Waals surface area (Å²) in [5.41, 5.74) is 1.21. The average molecular weight is 490 g/mol. The number of carbonyl (C=O) groups excluding carboxylic acids is 2. The average Bonchev–Trinajstić information content (AvgIpc) is 3.08. The van der Waals surface area contributed by atoms with Gasteiger partial charge in [-0.3, -0.25) is 9.52 Å². The zero-order valence-electron chi connectivity index (χ0n) is 18.5. The fourth-order valence-electron chi connectivity index (χ4n) is 2.81. The van der Waals surface area contributed by atoms with E-state index >= 15 is 0 Å². The first kappa shape index (κ1) is 24.2. The van der Waals surface area contributed by atoms with Gasteiger partial charge in [-0.05, 0) is 62.4 Å². The molecule has 0 aliphatic heterocycles. The molecule has 0 fully saturated rings. The molecular weight excluding hydrogens is 466 g/mol. The summed E-state index contributed by atoms with van der Waals surface area (Å²) in [6.45, 7) is 3.71. The Morgan fingerprint density at radius 3 is 2.30 bits per heavy atom. The molecule has 0 saturated heterocycles. The second-order valence-electron chi connectivity index (χ2n) is 6.85. The molecule has 1 N–H and O–H groups in total. The van der Waals surface area contributed by atoms with Gasteiger partial charge in [0.1, 0.15) is 10.6 Å². The van der Waals surface area contributed by atoms with Gasteiger partial charge in [0.25, 0.3) is 15.9 Å². The minimum Gasteiger partial charge on any atom is -0.497 e. The number of amides is 1. The quantitative estimate of drug-likeness (QED) is 0.510. The van der Waals surface area contributed by atoms with Crippen LogP contribution < -0.4 is 14.3 Å². The van der Waals surface area contributed by atoms with Gasteiger partial charge >= 0.3 is 5.97 Å². The highest BCUT2D eigenvalue weighted by atomic mass is 32.2. The lowest BCUT2D eigenvalue weighted by Gasteiger charge is -2.09. The van der Waals surface area contributed by atoms with E-state index in [1.165, 1.54) is 43.5 Å². The summed E-state index contributed by atoms with van der Waals surface area (Å²) in [5, 5.41) is 0. The number of carbonyl (C=O) groups is 2. The van der Waals surface area contributed by atoms with E-state index in [1.807, 2.05) is 0 Å². The Morgan fingerprint density at radius 2 is 1.73 bits per heavy atom. The number of anilines is 1. The molecule has 0 radical (unpaired) electrons. The number of hydrogen-bond acceptors (Lipinski definition) is 7. The summed E-state index contributed by atoms with van der Waals surface area (Å²) >= 11 is 1.07. The Morgan fingerprint density at radius 1 is 1.09 bits per heavy atom. The third-order valence-electron chi connectivity index (χ3n) is 4.72. The highest BCUT2D eigenvalue weighted by Gasteiger charge is 2.17. The number of ether oxygens (including phenoxy) is 2. The third kappa shape index (κ3) is 5.49. The number of methoxy groups -OCH3 is 1. The van der Waals surface area contributed by atoms with Crippen molar-refractivity contribution in [2.24, 2.45) is 12.0 Å². The monoisotopic (exact) mass is 489 g/mol. The van der Waals surface area contributed by atoms with Crippen molar-refractivity contribution in [1.29, 1.82) is 0 Å². The van der Waals surface area contributed by atoms with Crippen molar-refractivity contribution in [1.82, 2.24) is 4.57 Å². The van der Waals surface area contributed by atoms with Gasteiger partial charge in [-0.15, -0.1) is 0 Å². The van der Waals surface area contributed by atoms with E-state index in [0.29, 0.717) is 26.8 Å². The predicted molar refractivity (Wildman–Crippen MR) is 124 cm³/mol. The maximum atomic E-state index is 12.6. The summed E-state index contributed by atoms with van der Waals surface area (Å²) in [7, 11) is -0.598. The number of nitrogens with one attached hydrogen (secondary N) is 1. The van der Waals surface area contributed by atoms with Crippen molar-refractivity contribution in [2.75, 3.05) is 18.4 Å². The van der Waals surface area contributed by atoms with E-state index in [9.17, 15) is 18.0 Å². The van der Waals surface area contributed by atoms with Crippen LogP contribution in [0.1, 0.15) is 32.6 Å². The number of thiazole rings is 1. The van der Waals surface area contributed by atoms with Crippen LogP contribution in [0, 0.1) is 6.92 Å². The molecule has 3 rings (SSSR count). The SMILES string of the molecule is CCOC(=O)c1sc(=NC(=O)c2ccc(NS(=O)(=O)c3ccc(OC)cc3)cc2)n(C)c1C. The summed E-state index contributed by atoms with van der Waals surface area (Å²) in [4.78, 5) is 29.6. The van der Waals surface area contributed by atoms with Crippen LogP contribution in [0.2, 0.25) is 0 Å². The van der Waals surface area contributed by atoms with Crippen LogP contribution in [0.3, 0.4) is 0 Å². The smallest absolute Gasteiger partial charge is 0.350 e. The Kier molecular flexibility index (Phi) is 7.34. The molecule has 3 aromatic rings. The molecule has 0 atom stereocenters. The van der Waals surface area contributed by atoms with Gasteiger partial charge < -0.3 is 14.0 Å². The maximum Gasteiger partial charge on any atom is 0.350 e. The minimum absolute atomic E-state index is 0.0800. The first-order chi connectivity index (χ1) is 15.7. The second kappa shape index (κ2) is 10.0. The Hall–Kier alpha value is -3.44. The van der Waals surface area contributed by atoms with Crippen molar-refractivity contribution in [3.05, 3.63) is 69.5 Å². The molecule has 1 amide bonds. The molecule has 1 aromatic heterocycles. The van der Waals surface area contributed by atoms with Gasteiger partial charge in [-0.2, -0.15) is 4.99 Å². The van der Waals surface area contributed by atoms with E-state index in [0.717, 1.165) is 11.3 Å². The Labute approximate surface area is 195 Å². The van der Waals surface area contributed by atoms with Gasteiger partial charge in [-0.1, -0.05) is 11.3 Å². The molecule has 1 heterocycles. The number of aromatic nitrogens is 1. The molecule has 11 heteroatoms. The molecule has 0 aliphatic carbocycles. The summed E-state index contributed by atoms with van der Waals surface area (Å²) in [5.74, 6) is -0.436. The summed E-state index contributed by atoms with van der Waals surface area (Å²) < 4.78 is 39.3. The number of nitrogens with zero attached hydrogens (tertiary/aromatic N) is 2. The van der Waals surface area contributed by atoms with Crippen LogP contribution in [0.5, 0.6) is 5.75 Å². The number of rotatable bonds is 7. The van der Waals surface area contributed by atoms with Crippen molar-refractivity contribution in [2.45, 2.75) is 18.7 Å². The van der Waals surface area contributed by atoms with Crippen molar-refractivity contribution < 1.29 is 27.5 Å². The molecule has 0 aliphatic rings. The lowest BCUT2D eigenvalue weighted by atomic mass is 10.2. The van der Waals surface area contributed by atoms with E-state index < -0.39 is 21.9 Å². The molecule has 33 heavy (non-hydrogen) atoms. The van der Waals surface area contributed by atoms with Crippen molar-refractivity contribution in [3.63, 3.8) is 0 Å². The molecule has 0 unspecified atom stereocenters. The first-order valence-corrected chi connectivity index (χ1v) is 12.2. The van der Waals surface area contributed by atoms with Crippen molar-refractivity contribution >= 4 is 38.9 Å². The number of sulfonamides is 1. The molecule has 2 aromatic carbocycles. The van der Waals surface area contributed by atoms with Crippen LogP contribution in [-0.4, -0.2) is 38.6 Å². The lowest BCUT2D eigenvalue weighted by molar-refractivity contribution is 0.0530. The van der Waals surface area contributed by atoms with Crippen molar-refractivity contribution in [3.8, 4) is 5.75 Å². The van der Waals surface area contributed by atoms with Gasteiger partial charge in [-0.25, -0.2) is 13.2 Å². The van der Waals surface area contributed by atoms with E-state index in [2.05, 4.69) is 9.71 Å². The van der Waals surface area contributed by atoms with Crippen LogP contribution in [0.4, 0.5) is 5.69 Å². The standard InChI is InChI=1S/C22H23N3O6S2/c1-5-31-21(27)19-14(2)25(3)22(32-19)23-20(26)15-6-8-16(9-7-15)24-33(28,29)18-12-10-17(30-4)11-13-18/h6-13,24H,5H2,1-4H3. The first-order valence-electron chi connectivity index (χ1n) is 9.85. The normalized spacial score (nSPS) is 11.8. The molecule has 174 valence electrons. The van der Waals surface area contributed by atoms with E-state index in [-0.39, 0.29) is 17.1 Å². The summed E-state index contributed by atoms with van der Waals surface area (Å²) in [6, 6.07) is 11.9. The van der Waals surface area contributed by atoms with Gasteiger partial charge in [0, 0.05) is 24.0 Å². The molecule has 9 nitrogen and oxygen atoms in total. The molecular formula is C22H23N3O6S2. The zero-order chi connectivity index (χ0) is 24.2. The number of hydrogen-bond donors (Lipinski definition) is 1. The molecule has 0 spiro atoms. The third-order valence-corrected chi connectivity index (χ3v) is 7.33. The highest BCUT2D eigenvalue weighted by molar-refractivity contribution is 7.92. The second-order valence-corrected chi connectivity index (χ2v) is 9.51. The van der Waals surface area contributed by atoms with Crippen LogP contribution in [0.25, 0.3) is 0 Å². The lowest BCUT2D eigenvalue weighted by Crippen LogP contribution is -2.15. The Balaban J connectivity index is 1.79. The topological polar surface area (TPSA) is 116 Å². The minimum atomic E-state index is -3.80. The number of esters is 1. The highest BCUT2D eigenvalue weighted by Crippen LogP contribution is 2.20. The van der Waals surface area contributed by atoms with Crippen LogP contribution >= 0.6 is 11.3 Å². The predicted octanol–water partition coefficient (Wildman–Crippen LogP) is 3.12. The van der Waals surface area contributed by atoms with Gasteiger partial charge in [0.15, 0.2) is 4.80 Å². The Bertz CT molecular complexity index is 1340. The fraction of sp³-hybridized carbons (Fsp3) is 0.227. The van der Waals surface area contributed by atoms with Crippen LogP contribution in [-0.2, 0) is 21.8 Å². The molecule has 0 bridgehead atoms. The largest absolute Gasteiger partial charge is 0.497 e. The zero-order valence-corrected chi connectivity index (χ0v) is 20.1. The summed E-state index contributed by atoms with van der Waals surface area (Å²) in [6.07, 6.45) is 0. The van der Waals surface area contributed by atoms with Gasteiger partial charge in [0.2, 0.25) is 0 Å². The van der Waals surface area contributed by atoms with E-state index in [1.54, 1.807) is 37.6 Å². The fourth-order valence-corrected chi connectivity index (χ4v) is 4.88. The molecule has 0 saturated carbocycles. The van der Waals surface area contributed by atoms with Crippen LogP contribution in [0.15, 0.2) is 58.4 Å².